The minimum Gasteiger partial charge on any atom is -0.367 e. The van der Waals surface area contributed by atoms with E-state index >= 15 is 0 Å². The van der Waals surface area contributed by atoms with Gasteiger partial charge in [0, 0.05) is 24.3 Å². The highest BCUT2D eigenvalue weighted by Gasteiger charge is 2.20. The third kappa shape index (κ3) is 8.38. The van der Waals surface area contributed by atoms with Crippen molar-refractivity contribution in [1.82, 2.24) is 0 Å². The van der Waals surface area contributed by atoms with Gasteiger partial charge in [0.1, 0.15) is 4.90 Å². The van der Waals surface area contributed by atoms with Gasteiger partial charge in [-0.1, -0.05) is 85.8 Å². The minimum atomic E-state index is -4.61. The fourth-order valence-corrected chi connectivity index (χ4v) is 7.66. The van der Waals surface area contributed by atoms with Gasteiger partial charge in [0.15, 0.2) is 0 Å². The summed E-state index contributed by atoms with van der Waals surface area (Å²) in [6, 6.07) is 33.0. The normalized spacial score (nSPS) is 12.0. The van der Waals surface area contributed by atoms with Crippen LogP contribution in [0.5, 0.6) is 0 Å². The van der Waals surface area contributed by atoms with Crippen molar-refractivity contribution >= 4 is 47.2 Å². The maximum Gasteiger partial charge on any atom is 0.295 e. The predicted molar refractivity (Wildman–Crippen MR) is 192 cm³/mol. The van der Waals surface area contributed by atoms with Crippen LogP contribution in [0.4, 0.5) is 5.69 Å². The second-order valence-corrected chi connectivity index (χ2v) is 15.7. The van der Waals surface area contributed by atoms with E-state index in [9.17, 15) is 38.9 Å². The van der Waals surface area contributed by atoms with Gasteiger partial charge in [0.25, 0.3) is 30.4 Å². The van der Waals surface area contributed by atoms with E-state index in [1.165, 1.54) is 36.4 Å². The van der Waals surface area contributed by atoms with Crippen molar-refractivity contribution in [2.24, 2.45) is 0 Å². The molecule has 5 rings (SSSR count). The summed E-state index contributed by atoms with van der Waals surface area (Å²) < 4.78 is 101. The van der Waals surface area contributed by atoms with Crippen LogP contribution in [-0.4, -0.2) is 45.5 Å². The molecule has 3 N–H and O–H groups in total. The van der Waals surface area contributed by atoms with Gasteiger partial charge in [0.05, 0.1) is 9.79 Å². The molecular formula is C37H35NO9S3. The van der Waals surface area contributed by atoms with Crippen LogP contribution in [0, 0.1) is 0 Å². The number of benzene rings is 5. The first-order valence-corrected chi connectivity index (χ1v) is 19.8. The van der Waals surface area contributed by atoms with Crippen molar-refractivity contribution in [2.45, 2.75) is 41.5 Å². The fourth-order valence-electron chi connectivity index (χ4n) is 5.88. The first-order chi connectivity index (χ1) is 23.6. The van der Waals surface area contributed by atoms with Crippen LogP contribution in [0.15, 0.2) is 136 Å². The molecule has 0 aliphatic carbocycles. The Morgan fingerprint density at radius 2 is 1.16 bits per heavy atom. The Morgan fingerprint density at radius 3 is 1.74 bits per heavy atom. The van der Waals surface area contributed by atoms with Gasteiger partial charge in [-0.15, -0.1) is 0 Å². The summed E-state index contributed by atoms with van der Waals surface area (Å²) in [7, 11) is -13.4. The zero-order valence-electron chi connectivity index (χ0n) is 27.1. The summed E-state index contributed by atoms with van der Waals surface area (Å²) in [4.78, 5) is 1.33. The van der Waals surface area contributed by atoms with Crippen molar-refractivity contribution in [3.05, 3.63) is 154 Å². The molecule has 0 bridgehead atoms. The molecule has 0 atom stereocenters. The second kappa shape index (κ2) is 14.7. The molecule has 0 spiro atoms. The smallest absolute Gasteiger partial charge is 0.295 e. The molecule has 0 radical (unpaired) electrons. The zero-order valence-corrected chi connectivity index (χ0v) is 29.6. The van der Waals surface area contributed by atoms with E-state index < -0.39 is 30.4 Å². The zero-order chi connectivity index (χ0) is 36.3. The van der Waals surface area contributed by atoms with E-state index in [0.717, 1.165) is 16.5 Å². The summed E-state index contributed by atoms with van der Waals surface area (Å²) in [6.45, 7) is 4.80. The Morgan fingerprint density at radius 1 is 0.580 bits per heavy atom. The summed E-state index contributed by atoms with van der Waals surface area (Å²) in [5, 5.41) is 1.44. The third-order valence-electron chi connectivity index (χ3n) is 8.26. The summed E-state index contributed by atoms with van der Waals surface area (Å²) >= 11 is 0. The molecule has 0 unspecified atom stereocenters. The van der Waals surface area contributed by atoms with Gasteiger partial charge < -0.3 is 4.90 Å². The van der Waals surface area contributed by atoms with Gasteiger partial charge in [-0.3, -0.25) is 13.7 Å². The van der Waals surface area contributed by atoms with Crippen molar-refractivity contribution < 1.29 is 38.9 Å². The average molecular weight is 734 g/mol. The molecule has 0 fully saturated rings. The highest BCUT2D eigenvalue weighted by molar-refractivity contribution is 7.86. The van der Waals surface area contributed by atoms with Gasteiger partial charge in [-0.05, 0) is 94.1 Å². The highest BCUT2D eigenvalue weighted by atomic mass is 32.2. The molecule has 0 aromatic heterocycles. The summed E-state index contributed by atoms with van der Waals surface area (Å²) in [5.41, 5.74) is 4.40. The molecule has 50 heavy (non-hydrogen) atoms. The molecule has 0 heterocycles. The average Bonchev–Trinajstić information content (AvgIpc) is 3.08. The summed E-state index contributed by atoms with van der Waals surface area (Å²) in [6.07, 6.45) is 0.548. The number of nitrogens with zero attached hydrogens (tertiary/aromatic N) is 1. The van der Waals surface area contributed by atoms with Gasteiger partial charge >= 0.3 is 0 Å². The number of hydrogen-bond acceptors (Lipinski definition) is 7. The largest absolute Gasteiger partial charge is 0.367 e. The topological polar surface area (TPSA) is 166 Å². The van der Waals surface area contributed by atoms with Gasteiger partial charge in [-0.25, -0.2) is 0 Å². The van der Waals surface area contributed by atoms with Crippen molar-refractivity contribution in [2.75, 3.05) is 11.4 Å². The van der Waals surface area contributed by atoms with Crippen molar-refractivity contribution in [3.63, 3.8) is 0 Å². The maximum absolute atomic E-state index is 12.5. The van der Waals surface area contributed by atoms with Gasteiger partial charge in [-0.2, -0.15) is 25.3 Å². The van der Waals surface area contributed by atoms with Crippen LogP contribution in [0.3, 0.4) is 0 Å². The SMILES string of the molecule is CCC(c1cccc(S(=O)(=O)O)c1)=c1ccc(=C(c2ccc(N(CC)Cc3cccc(S(=O)(=O)O)c3)cc2)c2ccccc2S(=O)(=O)O)cc1. The maximum atomic E-state index is 12.5. The number of anilines is 1. The minimum absolute atomic E-state index is 0.195. The summed E-state index contributed by atoms with van der Waals surface area (Å²) in [5.74, 6) is 0. The fraction of sp³-hybridized carbons (Fsp3) is 0.135. The lowest BCUT2D eigenvalue weighted by atomic mass is 9.94. The lowest BCUT2D eigenvalue weighted by Gasteiger charge is -2.24. The van der Waals surface area contributed by atoms with E-state index in [4.69, 9.17) is 0 Å². The Kier molecular flexibility index (Phi) is 10.8. The highest BCUT2D eigenvalue weighted by Crippen LogP contribution is 2.29. The molecule has 10 nitrogen and oxygen atoms in total. The van der Waals surface area contributed by atoms with Crippen LogP contribution in [0.2, 0.25) is 0 Å². The molecule has 0 aliphatic rings. The molecular weight excluding hydrogens is 699 g/mol. The Bertz CT molecular complexity index is 2490. The number of rotatable bonds is 11. The van der Waals surface area contributed by atoms with Crippen molar-refractivity contribution in [1.29, 1.82) is 0 Å². The van der Waals surface area contributed by atoms with Crippen LogP contribution < -0.4 is 15.3 Å². The lowest BCUT2D eigenvalue weighted by Crippen LogP contribution is -2.22. The molecule has 260 valence electrons. The Labute approximate surface area is 291 Å². The van der Waals surface area contributed by atoms with E-state index in [-0.39, 0.29) is 20.2 Å². The predicted octanol–water partition coefficient (Wildman–Crippen LogP) is 5.31. The van der Waals surface area contributed by atoms with Crippen LogP contribution >= 0.6 is 0 Å². The first-order valence-electron chi connectivity index (χ1n) is 15.5. The Balaban J connectivity index is 1.64. The lowest BCUT2D eigenvalue weighted by molar-refractivity contribution is 0.480. The Hall–Kier alpha value is -4.63. The molecule has 0 saturated carbocycles. The van der Waals surface area contributed by atoms with E-state index in [2.05, 4.69) is 0 Å². The second-order valence-electron chi connectivity index (χ2n) is 11.4. The first kappa shape index (κ1) is 36.6. The third-order valence-corrected chi connectivity index (χ3v) is 10.9. The van der Waals surface area contributed by atoms with E-state index in [1.807, 2.05) is 67.3 Å². The molecule has 13 heteroatoms. The monoisotopic (exact) mass is 733 g/mol. The van der Waals surface area contributed by atoms with Crippen LogP contribution in [0.25, 0.3) is 11.1 Å². The molecule has 0 aliphatic heterocycles. The molecule has 0 saturated heterocycles. The van der Waals surface area contributed by atoms with E-state index in [1.54, 1.807) is 36.4 Å². The van der Waals surface area contributed by atoms with Crippen LogP contribution in [0.1, 0.15) is 42.5 Å². The van der Waals surface area contributed by atoms with Crippen LogP contribution in [-0.2, 0) is 36.9 Å². The quantitative estimate of drug-likeness (QED) is 0.152. The standard InChI is InChI=1S/C37H35NO9S3/c1-3-34(30-10-8-12-33(24-30)49(42,43)44)27-15-17-28(18-16-27)37(35-13-5-6-14-36(35)50(45,46)47)29-19-21-31(22-20-29)38(4-2)25-26-9-7-11-32(23-26)48(39,40)41/h5-24H,3-4,25H2,1-2H3,(H,39,40,41)(H,42,43,44)(H,45,46,47). The van der Waals surface area contributed by atoms with E-state index in [0.29, 0.717) is 47.0 Å². The molecule has 5 aromatic rings. The van der Waals surface area contributed by atoms with Gasteiger partial charge in [0.2, 0.25) is 0 Å². The molecule has 0 amide bonds. The number of hydrogen-bond donors (Lipinski definition) is 3. The molecule has 5 aromatic carbocycles. The van der Waals surface area contributed by atoms with Crippen molar-refractivity contribution in [3.8, 4) is 0 Å².